The van der Waals surface area contributed by atoms with E-state index in [1.54, 1.807) is 6.07 Å². The summed E-state index contributed by atoms with van der Waals surface area (Å²) >= 11 is 0. The van der Waals surface area contributed by atoms with Gasteiger partial charge < -0.3 is 4.55 Å². The molecule has 0 bridgehead atoms. The molecule has 0 aliphatic rings. The van der Waals surface area contributed by atoms with E-state index in [1.807, 2.05) is 6.07 Å². The van der Waals surface area contributed by atoms with Gasteiger partial charge in [-0.15, -0.1) is 0 Å². The van der Waals surface area contributed by atoms with Crippen LogP contribution >= 0.6 is 0 Å². The third-order valence-corrected chi connectivity index (χ3v) is 5.50. The maximum absolute atomic E-state index is 11.6. The zero-order valence-electron chi connectivity index (χ0n) is 16.4. The molecule has 0 fully saturated rings. The molecule has 0 aliphatic carbocycles. The van der Waals surface area contributed by atoms with Crippen LogP contribution in [0.4, 0.5) is 0 Å². The van der Waals surface area contributed by atoms with Crippen LogP contribution in [0.5, 0.6) is 0 Å². The fourth-order valence-electron chi connectivity index (χ4n) is 3.19. The van der Waals surface area contributed by atoms with E-state index in [0.717, 1.165) is 43.2 Å². The third kappa shape index (κ3) is 10.1. The molecule has 0 aromatic heterocycles. The quantitative estimate of drug-likeness (QED) is 0.302. The average Bonchev–Trinajstić information content (AvgIpc) is 2.54. The van der Waals surface area contributed by atoms with Crippen molar-refractivity contribution in [2.24, 2.45) is 0 Å². The predicted molar refractivity (Wildman–Crippen MR) is 99.3 cm³/mol. The monoisotopic (exact) mass is 376 g/mol. The molecule has 0 spiro atoms. The molecule has 25 heavy (non-hydrogen) atoms. The first-order valence-corrected chi connectivity index (χ1v) is 11.0. The van der Waals surface area contributed by atoms with Crippen molar-refractivity contribution in [1.82, 2.24) is 0 Å². The molecule has 3 nitrogen and oxygen atoms in total. The minimum absolute atomic E-state index is 0. The molecule has 138 valence electrons. The van der Waals surface area contributed by atoms with Crippen molar-refractivity contribution in [3.8, 4) is 0 Å². The van der Waals surface area contributed by atoms with Gasteiger partial charge in [-0.1, -0.05) is 77.3 Å². The summed E-state index contributed by atoms with van der Waals surface area (Å²) in [5, 5.41) is 0. The molecule has 0 amide bonds. The molecule has 1 aromatic carbocycles. The van der Waals surface area contributed by atoms with Gasteiger partial charge in [0, 0.05) is 0 Å². The molecular weight excluding hydrogens is 343 g/mol. The van der Waals surface area contributed by atoms with Crippen molar-refractivity contribution in [1.29, 1.82) is 0 Å². The summed E-state index contributed by atoms with van der Waals surface area (Å²) in [6, 6.07) is 5.19. The third-order valence-electron chi connectivity index (χ3n) is 4.58. The average molecular weight is 377 g/mol. The Morgan fingerprint density at radius 2 is 1.32 bits per heavy atom. The van der Waals surface area contributed by atoms with Gasteiger partial charge in [0.1, 0.15) is 10.1 Å². The summed E-state index contributed by atoms with van der Waals surface area (Å²) in [6.45, 7) is 4.37. The van der Waals surface area contributed by atoms with E-state index in [0.29, 0.717) is 6.42 Å². The van der Waals surface area contributed by atoms with E-state index in [-0.39, 0.29) is 34.5 Å². The topological polar surface area (TPSA) is 57.2 Å². The Balaban J connectivity index is 0.00000576. The van der Waals surface area contributed by atoms with Gasteiger partial charge in [-0.2, -0.15) is 0 Å². The Morgan fingerprint density at radius 1 is 0.800 bits per heavy atom. The van der Waals surface area contributed by atoms with Crippen LogP contribution < -0.4 is 29.6 Å². The zero-order valence-corrected chi connectivity index (χ0v) is 19.2. The van der Waals surface area contributed by atoms with E-state index in [2.05, 4.69) is 13.8 Å². The van der Waals surface area contributed by atoms with Crippen LogP contribution in [-0.2, 0) is 23.0 Å². The van der Waals surface area contributed by atoms with Crippen LogP contribution in [0.15, 0.2) is 23.1 Å². The second-order valence-electron chi connectivity index (χ2n) is 6.68. The van der Waals surface area contributed by atoms with E-state index in [4.69, 9.17) is 0 Å². The molecule has 1 rings (SSSR count). The molecule has 0 unspecified atom stereocenters. The van der Waals surface area contributed by atoms with Gasteiger partial charge in [-0.25, -0.2) is 8.42 Å². The van der Waals surface area contributed by atoms with Gasteiger partial charge in [0.15, 0.2) is 0 Å². The summed E-state index contributed by atoms with van der Waals surface area (Å²) in [4.78, 5) is 0.00375. The Kier molecular flexibility index (Phi) is 14.3. The van der Waals surface area contributed by atoms with Crippen molar-refractivity contribution in [2.75, 3.05) is 0 Å². The molecule has 0 aliphatic heterocycles. The number of aryl methyl sites for hydroxylation is 1. The molecule has 0 N–H and O–H groups in total. The molecule has 0 radical (unpaired) electrons. The smallest absolute Gasteiger partial charge is 0.744 e. The van der Waals surface area contributed by atoms with Crippen molar-refractivity contribution in [3.63, 3.8) is 0 Å². The summed E-state index contributed by atoms with van der Waals surface area (Å²) < 4.78 is 34.8. The Bertz CT molecular complexity index is 570. The molecule has 0 heterocycles. The van der Waals surface area contributed by atoms with Crippen LogP contribution in [-0.4, -0.2) is 13.0 Å². The fourth-order valence-corrected chi connectivity index (χ4v) is 3.97. The maximum Gasteiger partial charge on any atom is 1.00 e. The van der Waals surface area contributed by atoms with Gasteiger partial charge in [0.05, 0.1) is 4.90 Å². The Labute approximate surface area is 177 Å². The first-order valence-electron chi connectivity index (χ1n) is 9.57. The molecule has 0 saturated heterocycles. The summed E-state index contributed by atoms with van der Waals surface area (Å²) in [5.74, 6) is 0. The molecule has 0 atom stereocenters. The minimum atomic E-state index is -4.39. The van der Waals surface area contributed by atoms with Crippen molar-refractivity contribution in [2.45, 2.75) is 95.8 Å². The van der Waals surface area contributed by atoms with Gasteiger partial charge in [-0.3, -0.25) is 0 Å². The van der Waals surface area contributed by atoms with Crippen molar-refractivity contribution < 1.29 is 42.5 Å². The maximum atomic E-state index is 11.6. The second-order valence-corrected chi connectivity index (χ2v) is 8.02. The summed E-state index contributed by atoms with van der Waals surface area (Å²) in [6.07, 6.45) is 13.1. The first-order chi connectivity index (χ1) is 11.5. The fraction of sp³-hybridized carbons (Fsp3) is 0.700. The number of unbranched alkanes of at least 4 members (excludes halogenated alkanes) is 8. The van der Waals surface area contributed by atoms with E-state index in [9.17, 15) is 13.0 Å². The molecule has 1 aromatic rings. The van der Waals surface area contributed by atoms with Gasteiger partial charge >= 0.3 is 29.6 Å². The first kappa shape index (κ1) is 25.1. The molecular formula is C20H33NaO3S. The Hall–Kier alpha value is 0.130. The van der Waals surface area contributed by atoms with E-state index >= 15 is 0 Å². The van der Waals surface area contributed by atoms with Crippen molar-refractivity contribution >= 4 is 10.1 Å². The number of benzene rings is 1. The van der Waals surface area contributed by atoms with Gasteiger partial charge in [0.25, 0.3) is 0 Å². The van der Waals surface area contributed by atoms with Crippen LogP contribution in [0.25, 0.3) is 0 Å². The van der Waals surface area contributed by atoms with E-state index in [1.165, 1.54) is 44.6 Å². The SMILES string of the molecule is CCCCCCCc1cccc(S(=O)(=O)[O-])c1CCCCCCC.[Na+]. The standard InChI is InChI=1S/C20H34O3S.Na/c1-3-5-7-9-11-14-18-15-13-17-20(24(21,22)23)19(18)16-12-10-8-6-4-2;/h13,15,17H,3-12,14,16H2,1-2H3,(H,21,22,23);/q;+1/p-1. The predicted octanol–water partition coefficient (Wildman–Crippen LogP) is 2.62. The normalized spacial score (nSPS) is 11.3. The van der Waals surface area contributed by atoms with E-state index < -0.39 is 10.1 Å². The zero-order chi connectivity index (χ0) is 17.8. The minimum Gasteiger partial charge on any atom is -0.744 e. The van der Waals surface area contributed by atoms with Crippen LogP contribution in [0, 0.1) is 0 Å². The second kappa shape index (κ2) is 14.2. The number of rotatable bonds is 13. The molecule has 5 heteroatoms. The number of hydrogen-bond acceptors (Lipinski definition) is 3. The summed E-state index contributed by atoms with van der Waals surface area (Å²) in [7, 11) is -4.39. The largest absolute Gasteiger partial charge is 1.00 e. The molecule has 0 saturated carbocycles. The van der Waals surface area contributed by atoms with Crippen LogP contribution in [0.3, 0.4) is 0 Å². The van der Waals surface area contributed by atoms with Gasteiger partial charge in [0.2, 0.25) is 0 Å². The number of hydrogen-bond donors (Lipinski definition) is 0. The Morgan fingerprint density at radius 3 is 1.84 bits per heavy atom. The van der Waals surface area contributed by atoms with Crippen LogP contribution in [0.1, 0.15) is 89.2 Å². The summed E-state index contributed by atoms with van der Waals surface area (Å²) in [5.41, 5.74) is 1.83. The van der Waals surface area contributed by atoms with Crippen molar-refractivity contribution in [3.05, 3.63) is 29.3 Å². The van der Waals surface area contributed by atoms with Crippen LogP contribution in [0.2, 0.25) is 0 Å². The van der Waals surface area contributed by atoms with Gasteiger partial charge in [-0.05, 0) is 42.9 Å².